The summed E-state index contributed by atoms with van der Waals surface area (Å²) in [6, 6.07) is 9.04. The summed E-state index contributed by atoms with van der Waals surface area (Å²) in [6.07, 6.45) is 0.214. The molecule has 2 aromatic rings. The molecule has 0 spiro atoms. The van der Waals surface area contributed by atoms with Crippen molar-refractivity contribution in [2.75, 3.05) is 18.0 Å². The van der Waals surface area contributed by atoms with Crippen molar-refractivity contribution in [3.8, 4) is 5.75 Å². The summed E-state index contributed by atoms with van der Waals surface area (Å²) in [6.45, 7) is 1.19. The number of nitrogens with zero attached hydrogens (tertiary/aromatic N) is 1. The highest BCUT2D eigenvalue weighted by Crippen LogP contribution is 2.34. The van der Waals surface area contributed by atoms with Gasteiger partial charge >= 0.3 is 0 Å². The summed E-state index contributed by atoms with van der Waals surface area (Å²) < 4.78 is 33.7. The standard InChI is InChI=1S/C17H16BrF2NO2/c18-14-7-16(21-5-4-13(22)9-21)15(20)8-17(14)23-10-11-2-1-3-12(19)6-11/h1-3,6-8,13,22H,4-5,9-10H2. The van der Waals surface area contributed by atoms with Crippen molar-refractivity contribution >= 4 is 21.6 Å². The number of hydrogen-bond donors (Lipinski definition) is 1. The van der Waals surface area contributed by atoms with E-state index in [-0.39, 0.29) is 12.4 Å². The Balaban J connectivity index is 1.74. The monoisotopic (exact) mass is 383 g/mol. The van der Waals surface area contributed by atoms with Gasteiger partial charge in [-0.15, -0.1) is 0 Å². The lowest BCUT2D eigenvalue weighted by Crippen LogP contribution is -2.22. The van der Waals surface area contributed by atoms with Gasteiger partial charge in [-0.2, -0.15) is 0 Å². The molecule has 3 rings (SSSR count). The average Bonchev–Trinajstić information content (AvgIpc) is 2.94. The van der Waals surface area contributed by atoms with Crippen LogP contribution < -0.4 is 9.64 Å². The Labute approximate surface area is 141 Å². The number of aliphatic hydroxyl groups excluding tert-OH is 1. The molecule has 2 aromatic carbocycles. The molecule has 1 aliphatic rings. The minimum atomic E-state index is -0.419. The third-order valence-corrected chi connectivity index (χ3v) is 4.41. The van der Waals surface area contributed by atoms with Gasteiger partial charge in [-0.05, 0) is 46.1 Å². The Bertz CT molecular complexity index is 711. The SMILES string of the molecule is OC1CCN(c2cc(Br)c(OCc3cccc(F)c3)cc2F)C1. The lowest BCUT2D eigenvalue weighted by atomic mass is 10.2. The third-order valence-electron chi connectivity index (χ3n) is 3.79. The summed E-state index contributed by atoms with van der Waals surface area (Å²) in [4.78, 5) is 1.81. The minimum absolute atomic E-state index is 0.150. The number of ether oxygens (including phenoxy) is 1. The Morgan fingerprint density at radius 3 is 2.78 bits per heavy atom. The molecule has 1 atom stereocenters. The van der Waals surface area contributed by atoms with Gasteiger partial charge in [-0.1, -0.05) is 12.1 Å². The van der Waals surface area contributed by atoms with Crippen LogP contribution in [0.1, 0.15) is 12.0 Å². The highest BCUT2D eigenvalue weighted by Gasteiger charge is 2.23. The van der Waals surface area contributed by atoms with Crippen molar-refractivity contribution in [2.24, 2.45) is 0 Å². The van der Waals surface area contributed by atoms with Gasteiger partial charge in [-0.25, -0.2) is 8.78 Å². The molecule has 1 fully saturated rings. The number of anilines is 1. The van der Waals surface area contributed by atoms with Crippen LogP contribution in [0.4, 0.5) is 14.5 Å². The maximum absolute atomic E-state index is 14.3. The van der Waals surface area contributed by atoms with Gasteiger partial charge < -0.3 is 14.7 Å². The first-order valence-corrected chi connectivity index (χ1v) is 8.11. The predicted octanol–water partition coefficient (Wildman–Crippen LogP) is 3.88. The van der Waals surface area contributed by atoms with E-state index in [1.165, 1.54) is 18.2 Å². The number of rotatable bonds is 4. The number of β-amino-alcohol motifs (C(OH)–C–C–N with tert-alkyl or cyclic N) is 1. The second kappa shape index (κ2) is 6.84. The van der Waals surface area contributed by atoms with Gasteiger partial charge in [0, 0.05) is 19.2 Å². The van der Waals surface area contributed by atoms with Crippen LogP contribution in [0.25, 0.3) is 0 Å². The van der Waals surface area contributed by atoms with Crippen molar-refractivity contribution in [3.63, 3.8) is 0 Å². The average molecular weight is 384 g/mol. The maximum atomic E-state index is 14.3. The fourth-order valence-corrected chi connectivity index (χ4v) is 3.07. The van der Waals surface area contributed by atoms with Crippen molar-refractivity contribution in [3.05, 3.63) is 58.1 Å². The molecular formula is C17H16BrF2NO2. The molecule has 0 saturated carbocycles. The van der Waals surface area contributed by atoms with Gasteiger partial charge in [-0.3, -0.25) is 0 Å². The zero-order valence-electron chi connectivity index (χ0n) is 12.3. The molecule has 0 aliphatic carbocycles. The van der Waals surface area contributed by atoms with Crippen LogP contribution in [0.5, 0.6) is 5.75 Å². The molecule has 0 amide bonds. The van der Waals surface area contributed by atoms with E-state index in [2.05, 4.69) is 15.9 Å². The number of halogens is 3. The van der Waals surface area contributed by atoms with Crippen molar-refractivity contribution in [1.29, 1.82) is 0 Å². The second-order valence-electron chi connectivity index (χ2n) is 5.54. The van der Waals surface area contributed by atoms with Crippen molar-refractivity contribution in [2.45, 2.75) is 19.1 Å². The summed E-state index contributed by atoms with van der Waals surface area (Å²) in [5, 5.41) is 9.58. The molecule has 0 bridgehead atoms. The number of benzene rings is 2. The lowest BCUT2D eigenvalue weighted by Gasteiger charge is -2.20. The van der Waals surface area contributed by atoms with E-state index in [0.717, 1.165) is 0 Å². The van der Waals surface area contributed by atoms with E-state index in [9.17, 15) is 13.9 Å². The van der Waals surface area contributed by atoms with E-state index in [1.807, 2.05) is 0 Å². The molecule has 3 nitrogen and oxygen atoms in total. The minimum Gasteiger partial charge on any atom is -0.488 e. The molecule has 1 aliphatic heterocycles. The molecule has 1 saturated heterocycles. The molecule has 0 aromatic heterocycles. The van der Waals surface area contributed by atoms with Crippen LogP contribution in [0, 0.1) is 11.6 Å². The summed E-state index contributed by atoms with van der Waals surface area (Å²) in [5.41, 5.74) is 1.11. The summed E-state index contributed by atoms with van der Waals surface area (Å²) in [7, 11) is 0. The van der Waals surface area contributed by atoms with Crippen LogP contribution in [0.3, 0.4) is 0 Å². The van der Waals surface area contributed by atoms with Crippen LogP contribution in [0.2, 0.25) is 0 Å². The molecule has 0 radical (unpaired) electrons. The van der Waals surface area contributed by atoms with Crippen LogP contribution >= 0.6 is 15.9 Å². The Morgan fingerprint density at radius 1 is 1.26 bits per heavy atom. The fourth-order valence-electron chi connectivity index (χ4n) is 2.62. The zero-order chi connectivity index (χ0) is 16.4. The van der Waals surface area contributed by atoms with Gasteiger partial charge in [0.15, 0.2) is 0 Å². The lowest BCUT2D eigenvalue weighted by molar-refractivity contribution is 0.198. The first kappa shape index (κ1) is 16.2. The maximum Gasteiger partial charge on any atom is 0.150 e. The first-order chi connectivity index (χ1) is 11.0. The van der Waals surface area contributed by atoms with E-state index in [1.54, 1.807) is 23.1 Å². The normalized spacial score (nSPS) is 17.6. The second-order valence-corrected chi connectivity index (χ2v) is 6.40. The van der Waals surface area contributed by atoms with Gasteiger partial charge in [0.1, 0.15) is 24.0 Å². The van der Waals surface area contributed by atoms with E-state index >= 15 is 0 Å². The first-order valence-electron chi connectivity index (χ1n) is 7.32. The largest absolute Gasteiger partial charge is 0.488 e. The summed E-state index contributed by atoms with van der Waals surface area (Å²) in [5.74, 6) is -0.383. The highest BCUT2D eigenvalue weighted by atomic mass is 79.9. The predicted molar refractivity (Wildman–Crippen MR) is 87.7 cm³/mol. The molecule has 1 N–H and O–H groups in total. The highest BCUT2D eigenvalue weighted by molar-refractivity contribution is 9.10. The van der Waals surface area contributed by atoms with Gasteiger partial charge in [0.25, 0.3) is 0 Å². The quantitative estimate of drug-likeness (QED) is 0.869. The summed E-state index contributed by atoms with van der Waals surface area (Å²) >= 11 is 3.38. The Morgan fingerprint density at radius 2 is 2.09 bits per heavy atom. The van der Waals surface area contributed by atoms with Crippen molar-refractivity contribution in [1.82, 2.24) is 0 Å². The van der Waals surface area contributed by atoms with Crippen LogP contribution in [-0.4, -0.2) is 24.3 Å². The van der Waals surface area contributed by atoms with Gasteiger partial charge in [0.2, 0.25) is 0 Å². The topological polar surface area (TPSA) is 32.7 Å². The van der Waals surface area contributed by atoms with E-state index in [0.29, 0.717) is 41.0 Å². The smallest absolute Gasteiger partial charge is 0.150 e. The Hall–Kier alpha value is -1.66. The number of aliphatic hydroxyl groups is 1. The Kier molecular flexibility index (Phi) is 4.82. The molecule has 1 heterocycles. The van der Waals surface area contributed by atoms with Crippen LogP contribution in [-0.2, 0) is 6.61 Å². The number of hydrogen-bond acceptors (Lipinski definition) is 3. The van der Waals surface area contributed by atoms with Crippen molar-refractivity contribution < 1.29 is 18.6 Å². The third kappa shape index (κ3) is 3.82. The molecule has 122 valence electrons. The molecule has 6 heteroatoms. The van der Waals surface area contributed by atoms with Crippen LogP contribution in [0.15, 0.2) is 40.9 Å². The van der Waals surface area contributed by atoms with E-state index in [4.69, 9.17) is 4.74 Å². The molecule has 23 heavy (non-hydrogen) atoms. The zero-order valence-corrected chi connectivity index (χ0v) is 13.9. The molecular weight excluding hydrogens is 368 g/mol. The van der Waals surface area contributed by atoms with Gasteiger partial charge in [0.05, 0.1) is 16.3 Å². The molecule has 1 unspecified atom stereocenters. The van der Waals surface area contributed by atoms with E-state index < -0.39 is 11.9 Å². The fraction of sp³-hybridized carbons (Fsp3) is 0.294.